The van der Waals surface area contributed by atoms with Crippen LogP contribution in [0.1, 0.15) is 57.9 Å². The van der Waals surface area contributed by atoms with E-state index in [1.165, 1.54) is 10.9 Å². The highest BCUT2D eigenvalue weighted by Crippen LogP contribution is 2.35. The molecule has 1 N–H and O–H groups in total. The number of methoxy groups -OCH3 is 1. The van der Waals surface area contributed by atoms with Crippen LogP contribution in [0.2, 0.25) is 0 Å². The van der Waals surface area contributed by atoms with Crippen molar-refractivity contribution in [2.45, 2.75) is 58.0 Å². The molecule has 7 heteroatoms. The van der Waals surface area contributed by atoms with Gasteiger partial charge in [0.2, 0.25) is 5.91 Å². The molecule has 4 rings (SSSR count). The minimum atomic E-state index is -0.496. The largest absolute Gasteiger partial charge is 0.497 e. The lowest BCUT2D eigenvalue weighted by Crippen LogP contribution is -2.47. The highest BCUT2D eigenvalue weighted by Gasteiger charge is 2.34. The molecule has 2 amide bonds. The van der Waals surface area contributed by atoms with Gasteiger partial charge in [0, 0.05) is 49.2 Å². The lowest BCUT2D eigenvalue weighted by molar-refractivity contribution is -0.138. The third-order valence-corrected chi connectivity index (χ3v) is 6.66. The van der Waals surface area contributed by atoms with Crippen LogP contribution in [0.4, 0.5) is 4.79 Å². The van der Waals surface area contributed by atoms with Crippen LogP contribution < -0.4 is 4.74 Å². The lowest BCUT2D eigenvalue weighted by Gasteiger charge is -2.37. The maximum atomic E-state index is 13.1. The van der Waals surface area contributed by atoms with Crippen molar-refractivity contribution in [2.24, 2.45) is 5.92 Å². The molecular weight excluding hydrogens is 406 g/mol. The van der Waals surface area contributed by atoms with Gasteiger partial charge in [-0.3, -0.25) is 4.79 Å². The fourth-order valence-electron chi connectivity index (χ4n) is 4.89. The van der Waals surface area contributed by atoms with Crippen molar-refractivity contribution in [3.05, 3.63) is 30.0 Å². The fourth-order valence-corrected chi connectivity index (χ4v) is 4.89. The first-order valence-corrected chi connectivity index (χ1v) is 11.7. The van der Waals surface area contributed by atoms with Crippen LogP contribution in [0, 0.1) is 5.92 Å². The Kier molecular flexibility index (Phi) is 6.35. The van der Waals surface area contributed by atoms with E-state index < -0.39 is 5.60 Å². The third kappa shape index (κ3) is 4.87. The smallest absolute Gasteiger partial charge is 0.410 e. The van der Waals surface area contributed by atoms with Crippen molar-refractivity contribution < 1.29 is 19.1 Å². The van der Waals surface area contributed by atoms with Gasteiger partial charge in [0.1, 0.15) is 11.4 Å². The molecule has 3 heterocycles. The van der Waals surface area contributed by atoms with E-state index in [-0.39, 0.29) is 17.9 Å². The summed E-state index contributed by atoms with van der Waals surface area (Å²) >= 11 is 0. The number of aromatic nitrogens is 1. The summed E-state index contributed by atoms with van der Waals surface area (Å²) < 4.78 is 10.9. The van der Waals surface area contributed by atoms with Gasteiger partial charge in [-0.25, -0.2) is 4.79 Å². The summed E-state index contributed by atoms with van der Waals surface area (Å²) in [5.41, 5.74) is 1.94. The number of fused-ring (bicyclic) bond motifs is 1. The molecular formula is C25H35N3O4. The Balaban J connectivity index is 1.30. The molecule has 2 saturated heterocycles. The van der Waals surface area contributed by atoms with Crippen molar-refractivity contribution in [1.29, 1.82) is 0 Å². The first-order valence-electron chi connectivity index (χ1n) is 11.7. The Morgan fingerprint density at radius 1 is 1.00 bits per heavy atom. The third-order valence-electron chi connectivity index (χ3n) is 6.66. The number of H-pyrrole nitrogens is 1. The highest BCUT2D eigenvalue weighted by molar-refractivity contribution is 5.85. The number of benzene rings is 1. The lowest BCUT2D eigenvalue weighted by atomic mass is 9.88. The highest BCUT2D eigenvalue weighted by atomic mass is 16.6. The normalized spacial score (nSPS) is 18.8. The second-order valence-electron chi connectivity index (χ2n) is 10.00. The monoisotopic (exact) mass is 441 g/mol. The zero-order valence-corrected chi connectivity index (χ0v) is 19.6. The molecule has 0 saturated carbocycles. The molecule has 174 valence electrons. The number of likely N-dealkylation sites (tertiary alicyclic amines) is 2. The Hall–Kier alpha value is -2.70. The maximum absolute atomic E-state index is 13.1. The molecule has 1 aromatic carbocycles. The Labute approximate surface area is 190 Å². The van der Waals surface area contributed by atoms with E-state index in [0.717, 1.165) is 37.2 Å². The molecule has 0 unspecified atom stereocenters. The Bertz CT molecular complexity index is 961. The fraction of sp³-hybridized carbons (Fsp3) is 0.600. The quantitative estimate of drug-likeness (QED) is 0.759. The second-order valence-corrected chi connectivity index (χ2v) is 10.00. The minimum Gasteiger partial charge on any atom is -0.497 e. The van der Waals surface area contributed by atoms with E-state index in [9.17, 15) is 9.59 Å². The number of amides is 2. The molecule has 7 nitrogen and oxygen atoms in total. The number of carbonyl (C=O) groups excluding carboxylic acids is 2. The van der Waals surface area contributed by atoms with Gasteiger partial charge in [0.25, 0.3) is 0 Å². The second kappa shape index (κ2) is 9.04. The van der Waals surface area contributed by atoms with Gasteiger partial charge >= 0.3 is 6.09 Å². The molecule has 2 aliphatic heterocycles. The first-order chi connectivity index (χ1) is 15.2. The minimum absolute atomic E-state index is 0.00240. The van der Waals surface area contributed by atoms with Crippen LogP contribution in [-0.2, 0) is 9.53 Å². The zero-order chi connectivity index (χ0) is 22.9. The SMILES string of the molecule is COc1ccc2[nH]cc(C3CCN(C(=O)C4CCN(C(=O)OC(C)(C)C)CC4)CC3)c2c1. The number of piperidine rings is 2. The number of aromatic amines is 1. The zero-order valence-electron chi connectivity index (χ0n) is 19.6. The van der Waals surface area contributed by atoms with E-state index in [1.807, 2.05) is 31.7 Å². The molecule has 0 radical (unpaired) electrons. The predicted octanol–water partition coefficient (Wildman–Crippen LogP) is 4.53. The number of nitrogens with one attached hydrogen (secondary N) is 1. The van der Waals surface area contributed by atoms with Crippen molar-refractivity contribution in [3.8, 4) is 5.75 Å². The average Bonchev–Trinajstić information content (AvgIpc) is 3.21. The number of nitrogens with zero attached hydrogens (tertiary/aromatic N) is 2. The van der Waals surface area contributed by atoms with Crippen LogP contribution >= 0.6 is 0 Å². The first kappa shape index (κ1) is 22.5. The summed E-state index contributed by atoms with van der Waals surface area (Å²) in [4.78, 5) is 32.5. The molecule has 2 aliphatic rings. The molecule has 2 fully saturated rings. The number of rotatable bonds is 3. The van der Waals surface area contributed by atoms with Gasteiger partial charge < -0.3 is 24.3 Å². The predicted molar refractivity (Wildman–Crippen MR) is 124 cm³/mol. The Morgan fingerprint density at radius 2 is 1.66 bits per heavy atom. The van der Waals surface area contributed by atoms with Crippen LogP contribution in [0.25, 0.3) is 10.9 Å². The van der Waals surface area contributed by atoms with Gasteiger partial charge in [-0.15, -0.1) is 0 Å². The topological polar surface area (TPSA) is 74.9 Å². The summed E-state index contributed by atoms with van der Waals surface area (Å²) in [6, 6.07) is 6.12. The standard InChI is InChI=1S/C25H35N3O4/c1-25(2,3)32-24(30)28-13-9-18(10-14-28)23(29)27-11-7-17(8-12-27)21-16-26-22-6-5-19(31-4)15-20(21)22/h5-6,15-18,26H,7-14H2,1-4H3. The van der Waals surface area contributed by atoms with Gasteiger partial charge in [0.05, 0.1) is 7.11 Å². The number of hydrogen-bond donors (Lipinski definition) is 1. The van der Waals surface area contributed by atoms with Crippen molar-refractivity contribution in [3.63, 3.8) is 0 Å². The molecule has 0 aliphatic carbocycles. The number of carbonyl (C=O) groups is 2. The molecule has 0 bridgehead atoms. The van der Waals surface area contributed by atoms with Crippen molar-refractivity contribution >= 4 is 22.9 Å². The Morgan fingerprint density at radius 3 is 2.28 bits per heavy atom. The average molecular weight is 442 g/mol. The van der Waals surface area contributed by atoms with E-state index in [4.69, 9.17) is 9.47 Å². The van der Waals surface area contributed by atoms with E-state index in [1.54, 1.807) is 12.0 Å². The number of hydrogen-bond acceptors (Lipinski definition) is 4. The molecule has 0 spiro atoms. The van der Waals surface area contributed by atoms with Crippen molar-refractivity contribution in [2.75, 3.05) is 33.3 Å². The van der Waals surface area contributed by atoms with Crippen LogP contribution in [0.5, 0.6) is 5.75 Å². The molecule has 2 aromatic rings. The van der Waals surface area contributed by atoms with Gasteiger partial charge in [0.15, 0.2) is 0 Å². The van der Waals surface area contributed by atoms with E-state index >= 15 is 0 Å². The summed E-state index contributed by atoms with van der Waals surface area (Å²) in [7, 11) is 1.69. The summed E-state index contributed by atoms with van der Waals surface area (Å²) in [6.07, 6.45) is 5.18. The van der Waals surface area contributed by atoms with Gasteiger partial charge in [-0.2, -0.15) is 0 Å². The summed E-state index contributed by atoms with van der Waals surface area (Å²) in [5.74, 6) is 1.55. The van der Waals surface area contributed by atoms with Crippen LogP contribution in [0.15, 0.2) is 24.4 Å². The number of ether oxygens (including phenoxy) is 2. The molecule has 1 aromatic heterocycles. The van der Waals surface area contributed by atoms with Crippen molar-refractivity contribution in [1.82, 2.24) is 14.8 Å². The molecule has 32 heavy (non-hydrogen) atoms. The van der Waals surface area contributed by atoms with Gasteiger partial charge in [-0.05, 0) is 76.1 Å². The van der Waals surface area contributed by atoms with E-state index in [2.05, 4.69) is 23.3 Å². The van der Waals surface area contributed by atoms with Crippen LogP contribution in [-0.4, -0.2) is 65.7 Å². The van der Waals surface area contributed by atoms with E-state index in [0.29, 0.717) is 31.8 Å². The summed E-state index contributed by atoms with van der Waals surface area (Å²) in [5, 5.41) is 1.21. The molecule has 0 atom stereocenters. The maximum Gasteiger partial charge on any atom is 0.410 e. The summed E-state index contributed by atoms with van der Waals surface area (Å²) in [6.45, 7) is 8.35. The van der Waals surface area contributed by atoms with Crippen LogP contribution in [0.3, 0.4) is 0 Å². The van der Waals surface area contributed by atoms with Gasteiger partial charge in [-0.1, -0.05) is 0 Å².